The number of thiophene rings is 1. The predicted octanol–water partition coefficient (Wildman–Crippen LogP) is 3.56. The number of hydrogen-bond donors (Lipinski definition) is 1. The highest BCUT2D eigenvalue weighted by Gasteiger charge is 2.22. The molecular weight excluding hydrogens is 256 g/mol. The average Bonchev–Trinajstić information content (AvgIpc) is 2.93. The molecule has 1 unspecified atom stereocenters. The summed E-state index contributed by atoms with van der Waals surface area (Å²) in [6.45, 7) is 0.744. The highest BCUT2D eigenvalue weighted by molar-refractivity contribution is 7.16. The second-order valence-corrected chi connectivity index (χ2v) is 6.01. The van der Waals surface area contributed by atoms with Crippen LogP contribution in [0.1, 0.15) is 35.0 Å². The van der Waals surface area contributed by atoms with E-state index in [1.807, 2.05) is 6.07 Å². The molecule has 0 radical (unpaired) electrons. The Hall–Kier alpha value is -0.840. The van der Waals surface area contributed by atoms with Gasteiger partial charge >= 0.3 is 0 Å². The van der Waals surface area contributed by atoms with Gasteiger partial charge in [-0.2, -0.15) is 0 Å². The molecule has 2 aromatic heterocycles. The SMILES string of the molecule is Clc1cc2c(s1)CCCC2NCc1ccon1. The van der Waals surface area contributed by atoms with Crippen molar-refractivity contribution in [3.8, 4) is 0 Å². The number of aryl methyl sites for hydroxylation is 1. The van der Waals surface area contributed by atoms with E-state index >= 15 is 0 Å². The minimum Gasteiger partial charge on any atom is -0.364 e. The third-order valence-electron chi connectivity index (χ3n) is 3.10. The minimum atomic E-state index is 0.402. The smallest absolute Gasteiger partial charge is 0.124 e. The Bertz CT molecular complexity index is 495. The van der Waals surface area contributed by atoms with Gasteiger partial charge in [0.15, 0.2) is 0 Å². The van der Waals surface area contributed by atoms with Crippen LogP contribution in [-0.4, -0.2) is 5.16 Å². The van der Waals surface area contributed by atoms with E-state index in [4.69, 9.17) is 16.1 Å². The molecule has 90 valence electrons. The Balaban J connectivity index is 1.72. The number of nitrogens with one attached hydrogen (secondary N) is 1. The maximum atomic E-state index is 6.08. The van der Waals surface area contributed by atoms with Crippen LogP contribution in [0.5, 0.6) is 0 Å². The molecule has 0 saturated carbocycles. The molecule has 1 atom stereocenters. The summed E-state index contributed by atoms with van der Waals surface area (Å²) in [5.74, 6) is 0. The molecule has 1 aliphatic carbocycles. The van der Waals surface area contributed by atoms with Crippen LogP contribution in [0.4, 0.5) is 0 Å². The monoisotopic (exact) mass is 268 g/mol. The molecule has 3 rings (SSSR count). The predicted molar refractivity (Wildman–Crippen MR) is 68.4 cm³/mol. The zero-order valence-electron chi connectivity index (χ0n) is 9.28. The Morgan fingerprint density at radius 3 is 3.35 bits per heavy atom. The summed E-state index contributed by atoms with van der Waals surface area (Å²) >= 11 is 7.79. The van der Waals surface area contributed by atoms with E-state index in [1.54, 1.807) is 17.6 Å². The van der Waals surface area contributed by atoms with E-state index in [2.05, 4.69) is 16.5 Å². The molecule has 5 heteroatoms. The first-order valence-corrected chi connectivity index (χ1v) is 6.93. The van der Waals surface area contributed by atoms with Gasteiger partial charge in [0.25, 0.3) is 0 Å². The molecule has 17 heavy (non-hydrogen) atoms. The van der Waals surface area contributed by atoms with Gasteiger partial charge in [-0.25, -0.2) is 0 Å². The summed E-state index contributed by atoms with van der Waals surface area (Å²) < 4.78 is 5.71. The molecule has 0 aliphatic heterocycles. The van der Waals surface area contributed by atoms with Crippen LogP contribution in [0.25, 0.3) is 0 Å². The van der Waals surface area contributed by atoms with Crippen molar-refractivity contribution in [3.05, 3.63) is 38.9 Å². The largest absolute Gasteiger partial charge is 0.364 e. The van der Waals surface area contributed by atoms with Crippen LogP contribution in [0.3, 0.4) is 0 Å². The third-order valence-corrected chi connectivity index (χ3v) is 4.44. The Morgan fingerprint density at radius 1 is 1.59 bits per heavy atom. The van der Waals surface area contributed by atoms with Crippen LogP contribution in [0.2, 0.25) is 4.34 Å². The lowest BCUT2D eigenvalue weighted by molar-refractivity contribution is 0.399. The van der Waals surface area contributed by atoms with Crippen molar-refractivity contribution < 1.29 is 4.52 Å². The van der Waals surface area contributed by atoms with Gasteiger partial charge in [0.05, 0.1) is 10.0 Å². The third kappa shape index (κ3) is 2.39. The van der Waals surface area contributed by atoms with Gasteiger partial charge in [-0.3, -0.25) is 0 Å². The van der Waals surface area contributed by atoms with Gasteiger partial charge < -0.3 is 9.84 Å². The van der Waals surface area contributed by atoms with Crippen molar-refractivity contribution in [1.29, 1.82) is 0 Å². The minimum absolute atomic E-state index is 0.402. The van der Waals surface area contributed by atoms with Gasteiger partial charge in [-0.05, 0) is 30.9 Å². The fourth-order valence-electron chi connectivity index (χ4n) is 2.29. The number of halogens is 1. The average molecular weight is 269 g/mol. The lowest BCUT2D eigenvalue weighted by Crippen LogP contribution is -2.23. The van der Waals surface area contributed by atoms with E-state index in [9.17, 15) is 0 Å². The molecule has 0 fully saturated rings. The van der Waals surface area contributed by atoms with Crippen molar-refractivity contribution >= 4 is 22.9 Å². The number of rotatable bonds is 3. The fraction of sp³-hybridized carbons (Fsp3) is 0.417. The van der Waals surface area contributed by atoms with Gasteiger partial charge in [-0.1, -0.05) is 16.8 Å². The fourth-order valence-corrected chi connectivity index (χ4v) is 3.67. The van der Waals surface area contributed by atoms with Crippen LogP contribution in [0.15, 0.2) is 22.9 Å². The van der Waals surface area contributed by atoms with Crippen molar-refractivity contribution in [1.82, 2.24) is 10.5 Å². The quantitative estimate of drug-likeness (QED) is 0.925. The lowest BCUT2D eigenvalue weighted by atomic mass is 9.94. The summed E-state index contributed by atoms with van der Waals surface area (Å²) in [6, 6.07) is 4.39. The van der Waals surface area contributed by atoms with Crippen LogP contribution < -0.4 is 5.32 Å². The van der Waals surface area contributed by atoms with Crippen molar-refractivity contribution in [2.45, 2.75) is 31.8 Å². The van der Waals surface area contributed by atoms with E-state index in [1.165, 1.54) is 16.9 Å². The molecule has 3 nitrogen and oxygen atoms in total. The molecule has 0 bridgehead atoms. The second kappa shape index (κ2) is 4.80. The first kappa shape index (κ1) is 11.3. The summed E-state index contributed by atoms with van der Waals surface area (Å²) in [5, 5.41) is 7.42. The summed E-state index contributed by atoms with van der Waals surface area (Å²) in [7, 11) is 0. The molecule has 2 heterocycles. The molecule has 0 amide bonds. The van der Waals surface area contributed by atoms with E-state index in [0.29, 0.717) is 6.04 Å². The highest BCUT2D eigenvalue weighted by atomic mass is 35.5. The van der Waals surface area contributed by atoms with Gasteiger partial charge in [0.2, 0.25) is 0 Å². The molecule has 2 aromatic rings. The molecule has 1 N–H and O–H groups in total. The number of nitrogens with zero attached hydrogens (tertiary/aromatic N) is 1. The summed E-state index contributed by atoms with van der Waals surface area (Å²) in [5.41, 5.74) is 2.31. The van der Waals surface area contributed by atoms with Gasteiger partial charge in [0, 0.05) is 23.5 Å². The first-order chi connectivity index (χ1) is 8.33. The summed E-state index contributed by atoms with van der Waals surface area (Å²) in [4.78, 5) is 1.43. The molecule has 1 aliphatic rings. The van der Waals surface area contributed by atoms with Gasteiger partial charge in [0.1, 0.15) is 6.26 Å². The van der Waals surface area contributed by atoms with E-state index in [-0.39, 0.29) is 0 Å². The Kier molecular flexibility index (Phi) is 3.18. The van der Waals surface area contributed by atoms with Gasteiger partial charge in [-0.15, -0.1) is 11.3 Å². The second-order valence-electron chi connectivity index (χ2n) is 4.25. The van der Waals surface area contributed by atoms with Crippen molar-refractivity contribution in [2.75, 3.05) is 0 Å². The standard InChI is InChI=1S/C12H13ClN2OS/c13-12-6-9-10(2-1-3-11(9)17-12)14-7-8-4-5-16-15-8/h4-6,10,14H,1-3,7H2. The Labute approximate surface area is 109 Å². The van der Waals surface area contributed by atoms with Crippen LogP contribution >= 0.6 is 22.9 Å². The number of aromatic nitrogens is 1. The number of fused-ring (bicyclic) bond motifs is 1. The Morgan fingerprint density at radius 2 is 2.53 bits per heavy atom. The maximum absolute atomic E-state index is 6.08. The van der Waals surface area contributed by atoms with Crippen LogP contribution in [0, 0.1) is 0 Å². The van der Waals surface area contributed by atoms with E-state index < -0.39 is 0 Å². The zero-order valence-corrected chi connectivity index (χ0v) is 10.9. The van der Waals surface area contributed by atoms with Crippen molar-refractivity contribution in [2.24, 2.45) is 0 Å². The van der Waals surface area contributed by atoms with Crippen LogP contribution in [-0.2, 0) is 13.0 Å². The molecule has 0 aromatic carbocycles. The zero-order chi connectivity index (χ0) is 11.7. The normalized spacial score (nSPS) is 19.2. The molecule has 0 saturated heterocycles. The number of hydrogen-bond acceptors (Lipinski definition) is 4. The summed E-state index contributed by atoms with van der Waals surface area (Å²) in [6.07, 6.45) is 5.15. The van der Waals surface area contributed by atoms with E-state index in [0.717, 1.165) is 29.4 Å². The van der Waals surface area contributed by atoms with Crippen molar-refractivity contribution in [3.63, 3.8) is 0 Å². The lowest BCUT2D eigenvalue weighted by Gasteiger charge is -2.23. The molecular formula is C12H13ClN2OS. The topological polar surface area (TPSA) is 38.1 Å². The maximum Gasteiger partial charge on any atom is 0.124 e. The highest BCUT2D eigenvalue weighted by Crippen LogP contribution is 2.37. The molecule has 0 spiro atoms. The first-order valence-electron chi connectivity index (χ1n) is 5.73.